The summed E-state index contributed by atoms with van der Waals surface area (Å²) < 4.78 is 0. The molecule has 1 atom stereocenters. The first-order chi connectivity index (χ1) is 5.63. The third-order valence-electron chi connectivity index (χ3n) is 1.86. The molecule has 0 aliphatic carbocycles. The van der Waals surface area contributed by atoms with Crippen LogP contribution in [0.1, 0.15) is 33.6 Å². The first kappa shape index (κ1) is 11.8. The Kier molecular flexibility index (Phi) is 6.21. The zero-order chi connectivity index (χ0) is 9.56. The molecule has 0 amide bonds. The van der Waals surface area contributed by atoms with Gasteiger partial charge in [-0.15, -0.1) is 0 Å². The summed E-state index contributed by atoms with van der Waals surface area (Å²) in [4.78, 5) is 0. The van der Waals surface area contributed by atoms with Crippen molar-refractivity contribution < 1.29 is 0 Å². The molecule has 0 aromatic rings. The van der Waals surface area contributed by atoms with Gasteiger partial charge in [0.25, 0.3) is 0 Å². The highest BCUT2D eigenvalue weighted by Gasteiger charge is 2.02. The van der Waals surface area contributed by atoms with Gasteiger partial charge in [-0.2, -0.15) is 12.6 Å². The van der Waals surface area contributed by atoms with Crippen LogP contribution in [0.3, 0.4) is 0 Å². The Labute approximate surface area is 81.1 Å². The van der Waals surface area contributed by atoms with Gasteiger partial charge in [-0.25, -0.2) is 0 Å². The Morgan fingerprint density at radius 2 is 2.17 bits per heavy atom. The van der Waals surface area contributed by atoms with Crippen LogP contribution in [-0.2, 0) is 0 Å². The van der Waals surface area contributed by atoms with Gasteiger partial charge in [0.1, 0.15) is 0 Å². The summed E-state index contributed by atoms with van der Waals surface area (Å²) in [7, 11) is 0. The lowest BCUT2D eigenvalue weighted by Crippen LogP contribution is -2.18. The Balaban J connectivity index is 4.55. The van der Waals surface area contributed by atoms with Gasteiger partial charge in [0, 0.05) is 6.04 Å². The van der Waals surface area contributed by atoms with Crippen molar-refractivity contribution in [3.8, 4) is 0 Å². The van der Waals surface area contributed by atoms with Gasteiger partial charge < -0.3 is 5.73 Å². The fourth-order valence-corrected chi connectivity index (χ4v) is 1.44. The van der Waals surface area contributed by atoms with E-state index in [1.165, 1.54) is 17.6 Å². The third-order valence-corrected chi connectivity index (χ3v) is 2.01. The summed E-state index contributed by atoms with van der Waals surface area (Å²) in [6.07, 6.45) is 4.27. The van der Waals surface area contributed by atoms with E-state index in [1.807, 2.05) is 13.0 Å². The van der Waals surface area contributed by atoms with Gasteiger partial charge in [-0.05, 0) is 31.2 Å². The molecule has 0 bridgehead atoms. The topological polar surface area (TPSA) is 26.0 Å². The predicted molar refractivity (Wildman–Crippen MR) is 59.4 cm³/mol. The second kappa shape index (κ2) is 6.32. The van der Waals surface area contributed by atoms with E-state index in [1.54, 1.807) is 5.41 Å². The first-order valence-corrected chi connectivity index (χ1v) is 4.91. The van der Waals surface area contributed by atoms with Crippen molar-refractivity contribution in [1.29, 1.82) is 0 Å². The van der Waals surface area contributed by atoms with Gasteiger partial charge in [-0.3, -0.25) is 0 Å². The minimum absolute atomic E-state index is 0.111. The molecule has 0 aromatic heterocycles. The molecule has 0 unspecified atom stereocenters. The largest absolute Gasteiger partial charge is 0.324 e. The van der Waals surface area contributed by atoms with Crippen LogP contribution in [0, 0.1) is 0 Å². The SMILES string of the molecule is CCC/C(C)=C(/C=C\S)[C@@H](C)N. The number of nitrogens with two attached hydrogens (primary N) is 1. The maximum Gasteiger partial charge on any atom is 0.0265 e. The highest BCUT2D eigenvalue weighted by atomic mass is 32.1. The van der Waals surface area contributed by atoms with Crippen molar-refractivity contribution in [2.45, 2.75) is 39.7 Å². The van der Waals surface area contributed by atoms with Crippen LogP contribution in [0.15, 0.2) is 22.6 Å². The lowest BCUT2D eigenvalue weighted by atomic mass is 10.0. The first-order valence-electron chi connectivity index (χ1n) is 4.39. The second-order valence-electron chi connectivity index (χ2n) is 3.09. The van der Waals surface area contributed by atoms with E-state index in [2.05, 4.69) is 26.5 Å². The Bertz CT molecular complexity index is 180. The summed E-state index contributed by atoms with van der Waals surface area (Å²) in [6.45, 7) is 6.31. The van der Waals surface area contributed by atoms with Crippen LogP contribution in [-0.4, -0.2) is 6.04 Å². The van der Waals surface area contributed by atoms with E-state index in [4.69, 9.17) is 5.73 Å². The van der Waals surface area contributed by atoms with Gasteiger partial charge in [-0.1, -0.05) is 25.0 Å². The average molecular weight is 185 g/mol. The average Bonchev–Trinajstić information content (AvgIpc) is 1.99. The molecule has 70 valence electrons. The predicted octanol–water partition coefficient (Wildman–Crippen LogP) is 2.89. The molecular weight excluding hydrogens is 166 g/mol. The lowest BCUT2D eigenvalue weighted by molar-refractivity contribution is 0.827. The fraction of sp³-hybridized carbons (Fsp3) is 0.600. The lowest BCUT2D eigenvalue weighted by Gasteiger charge is -2.11. The van der Waals surface area contributed by atoms with Crippen LogP contribution in [0.4, 0.5) is 0 Å². The number of rotatable bonds is 4. The maximum absolute atomic E-state index is 5.81. The van der Waals surface area contributed by atoms with Crippen LogP contribution < -0.4 is 5.73 Å². The molecule has 0 saturated carbocycles. The van der Waals surface area contributed by atoms with Crippen LogP contribution in [0.5, 0.6) is 0 Å². The molecular formula is C10H19NS. The Hall–Kier alpha value is -0.210. The minimum atomic E-state index is 0.111. The fourth-order valence-electron chi connectivity index (χ4n) is 1.28. The van der Waals surface area contributed by atoms with E-state index in [0.717, 1.165) is 6.42 Å². The molecule has 0 aromatic carbocycles. The monoisotopic (exact) mass is 185 g/mol. The van der Waals surface area contributed by atoms with E-state index in [9.17, 15) is 0 Å². The van der Waals surface area contributed by atoms with Gasteiger partial charge in [0.05, 0.1) is 0 Å². The summed E-state index contributed by atoms with van der Waals surface area (Å²) in [5.74, 6) is 0. The van der Waals surface area contributed by atoms with Crippen molar-refractivity contribution in [3.63, 3.8) is 0 Å². The molecule has 0 heterocycles. The van der Waals surface area contributed by atoms with Crippen molar-refractivity contribution in [1.82, 2.24) is 0 Å². The number of thiol groups is 1. The third kappa shape index (κ3) is 3.98. The summed E-state index contributed by atoms with van der Waals surface area (Å²) >= 11 is 4.05. The molecule has 1 nitrogen and oxygen atoms in total. The zero-order valence-electron chi connectivity index (χ0n) is 8.17. The molecule has 2 N–H and O–H groups in total. The Morgan fingerprint density at radius 3 is 2.50 bits per heavy atom. The van der Waals surface area contributed by atoms with Crippen molar-refractivity contribution >= 4 is 12.6 Å². The van der Waals surface area contributed by atoms with Gasteiger partial charge >= 0.3 is 0 Å². The molecule has 0 aliphatic rings. The quantitative estimate of drug-likeness (QED) is 0.511. The van der Waals surface area contributed by atoms with Gasteiger partial charge in [0.2, 0.25) is 0 Å². The highest BCUT2D eigenvalue weighted by Crippen LogP contribution is 2.14. The van der Waals surface area contributed by atoms with Crippen molar-refractivity contribution in [3.05, 3.63) is 22.6 Å². The second-order valence-corrected chi connectivity index (χ2v) is 3.39. The Morgan fingerprint density at radius 1 is 1.58 bits per heavy atom. The normalized spacial score (nSPS) is 16.4. The number of hydrogen-bond donors (Lipinski definition) is 2. The van der Waals surface area contributed by atoms with Crippen molar-refractivity contribution in [2.24, 2.45) is 5.73 Å². The molecule has 0 fully saturated rings. The van der Waals surface area contributed by atoms with Crippen LogP contribution >= 0.6 is 12.6 Å². The molecule has 0 rings (SSSR count). The summed E-state index contributed by atoms with van der Waals surface area (Å²) in [5.41, 5.74) is 8.40. The maximum atomic E-state index is 5.81. The molecule has 0 saturated heterocycles. The summed E-state index contributed by atoms with van der Waals surface area (Å²) in [5, 5.41) is 1.75. The number of hydrogen-bond acceptors (Lipinski definition) is 2. The van der Waals surface area contributed by atoms with Gasteiger partial charge in [0.15, 0.2) is 0 Å². The standard InChI is InChI=1S/C10H19NS/c1-4-5-8(2)10(6-7-12)9(3)11/h6-7,9,12H,4-5,11H2,1-3H3/b7-6-,10-8-/t9-/m1/s1. The molecule has 0 aliphatic heterocycles. The van der Waals surface area contributed by atoms with E-state index >= 15 is 0 Å². The molecule has 0 spiro atoms. The highest BCUT2D eigenvalue weighted by molar-refractivity contribution is 7.83. The number of allylic oxidation sites excluding steroid dienone is 1. The molecule has 12 heavy (non-hydrogen) atoms. The molecule has 2 heteroatoms. The van der Waals surface area contributed by atoms with Crippen LogP contribution in [0.25, 0.3) is 0 Å². The van der Waals surface area contributed by atoms with Crippen LogP contribution in [0.2, 0.25) is 0 Å². The smallest absolute Gasteiger partial charge is 0.0265 e. The summed E-state index contributed by atoms with van der Waals surface area (Å²) in [6, 6.07) is 0.111. The zero-order valence-corrected chi connectivity index (χ0v) is 9.07. The van der Waals surface area contributed by atoms with E-state index in [0.29, 0.717) is 0 Å². The molecule has 0 radical (unpaired) electrons. The minimum Gasteiger partial charge on any atom is -0.324 e. The van der Waals surface area contributed by atoms with E-state index in [-0.39, 0.29) is 6.04 Å². The van der Waals surface area contributed by atoms with Crippen molar-refractivity contribution in [2.75, 3.05) is 0 Å². The van der Waals surface area contributed by atoms with E-state index < -0.39 is 0 Å².